The van der Waals surface area contributed by atoms with E-state index in [-0.39, 0.29) is 17.6 Å². The molecule has 0 radical (unpaired) electrons. The van der Waals surface area contributed by atoms with Crippen LogP contribution in [0.4, 0.5) is 0 Å². The van der Waals surface area contributed by atoms with E-state index >= 15 is 0 Å². The van der Waals surface area contributed by atoms with Crippen LogP contribution in [0.2, 0.25) is 5.02 Å². The Morgan fingerprint density at radius 1 is 1.40 bits per heavy atom. The number of rotatable bonds is 3. The molecule has 0 aliphatic heterocycles. The number of sulfone groups is 1. The van der Waals surface area contributed by atoms with Crippen molar-refractivity contribution < 1.29 is 13.2 Å². The maximum absolute atomic E-state index is 12.3. The molecule has 1 aliphatic rings. The molecule has 0 saturated heterocycles. The molecule has 1 aliphatic carbocycles. The lowest BCUT2D eigenvalue weighted by molar-refractivity contribution is 0.0731. The lowest BCUT2D eigenvalue weighted by Gasteiger charge is -2.28. The molecule has 20 heavy (non-hydrogen) atoms. The van der Waals surface area contributed by atoms with Gasteiger partial charge in [0.25, 0.3) is 5.91 Å². The Morgan fingerprint density at radius 3 is 2.65 bits per heavy atom. The summed E-state index contributed by atoms with van der Waals surface area (Å²) in [5, 5.41) is -0.0252. The normalized spacial score (nSPS) is 22.8. The van der Waals surface area contributed by atoms with Crippen LogP contribution in [0.5, 0.6) is 0 Å². The van der Waals surface area contributed by atoms with E-state index in [2.05, 4.69) is 4.98 Å². The zero-order valence-electron chi connectivity index (χ0n) is 11.4. The van der Waals surface area contributed by atoms with Crippen LogP contribution in [0, 0.1) is 0 Å². The molecule has 1 saturated carbocycles. The summed E-state index contributed by atoms with van der Waals surface area (Å²) in [6.07, 6.45) is 4.76. The Labute approximate surface area is 123 Å². The van der Waals surface area contributed by atoms with Crippen LogP contribution in [0.15, 0.2) is 18.3 Å². The molecule has 1 aromatic heterocycles. The zero-order chi connectivity index (χ0) is 14.9. The molecule has 0 unspecified atom stereocenters. The highest BCUT2D eigenvalue weighted by atomic mass is 35.5. The van der Waals surface area contributed by atoms with E-state index < -0.39 is 15.1 Å². The molecule has 2 rings (SSSR count). The first-order valence-electron chi connectivity index (χ1n) is 6.38. The SMILES string of the molecule is CN(C(=O)c1ccc(Cl)cn1)[C@H]1CCC[C@H]1S(C)(=O)=O. The van der Waals surface area contributed by atoms with Gasteiger partial charge in [-0.2, -0.15) is 0 Å². The van der Waals surface area contributed by atoms with Crippen molar-refractivity contribution in [3.05, 3.63) is 29.0 Å². The molecule has 5 nitrogen and oxygen atoms in total. The van der Waals surface area contributed by atoms with Gasteiger partial charge in [-0.1, -0.05) is 11.6 Å². The lowest BCUT2D eigenvalue weighted by atomic mass is 10.2. The van der Waals surface area contributed by atoms with Crippen molar-refractivity contribution in [3.63, 3.8) is 0 Å². The Balaban J connectivity index is 2.20. The van der Waals surface area contributed by atoms with Gasteiger partial charge in [-0.3, -0.25) is 4.79 Å². The van der Waals surface area contributed by atoms with Gasteiger partial charge in [-0.15, -0.1) is 0 Å². The minimum absolute atomic E-state index is 0.274. The summed E-state index contributed by atoms with van der Waals surface area (Å²) in [5.41, 5.74) is 0.274. The Kier molecular flexibility index (Phi) is 4.34. The highest BCUT2D eigenvalue weighted by Crippen LogP contribution is 2.29. The van der Waals surface area contributed by atoms with Gasteiger partial charge < -0.3 is 4.90 Å². The molecular formula is C13H17ClN2O3S. The first kappa shape index (κ1) is 15.3. The van der Waals surface area contributed by atoms with Gasteiger partial charge in [-0.05, 0) is 31.4 Å². The number of carbonyl (C=O) groups is 1. The second-order valence-corrected chi connectivity index (χ2v) is 7.84. The third-order valence-corrected chi connectivity index (χ3v) is 5.61. The van der Waals surface area contributed by atoms with Crippen LogP contribution < -0.4 is 0 Å². The van der Waals surface area contributed by atoms with Gasteiger partial charge in [0.1, 0.15) is 5.69 Å². The first-order valence-corrected chi connectivity index (χ1v) is 8.71. The molecule has 1 fully saturated rings. The van der Waals surface area contributed by atoms with Crippen molar-refractivity contribution in [2.75, 3.05) is 13.3 Å². The average molecular weight is 317 g/mol. The van der Waals surface area contributed by atoms with E-state index in [4.69, 9.17) is 11.6 Å². The third kappa shape index (κ3) is 3.12. The first-order chi connectivity index (χ1) is 9.30. The number of amides is 1. The van der Waals surface area contributed by atoms with E-state index in [1.165, 1.54) is 17.4 Å². The fourth-order valence-electron chi connectivity index (χ4n) is 2.68. The van der Waals surface area contributed by atoms with Crippen LogP contribution in [0.1, 0.15) is 29.8 Å². The van der Waals surface area contributed by atoms with Gasteiger partial charge in [0, 0.05) is 25.5 Å². The molecule has 1 heterocycles. The van der Waals surface area contributed by atoms with Crippen molar-refractivity contribution in [3.8, 4) is 0 Å². The van der Waals surface area contributed by atoms with Crippen LogP contribution in [0.3, 0.4) is 0 Å². The summed E-state index contributed by atoms with van der Waals surface area (Å²) in [5.74, 6) is -0.276. The predicted molar refractivity (Wildman–Crippen MR) is 77.6 cm³/mol. The van der Waals surface area contributed by atoms with Crippen LogP contribution in [0.25, 0.3) is 0 Å². The molecule has 7 heteroatoms. The van der Waals surface area contributed by atoms with E-state index in [0.29, 0.717) is 17.9 Å². The summed E-state index contributed by atoms with van der Waals surface area (Å²) in [4.78, 5) is 17.8. The number of hydrogen-bond donors (Lipinski definition) is 0. The monoisotopic (exact) mass is 316 g/mol. The molecule has 2 atom stereocenters. The maximum Gasteiger partial charge on any atom is 0.272 e. The Morgan fingerprint density at radius 2 is 2.10 bits per heavy atom. The molecule has 0 N–H and O–H groups in total. The highest BCUT2D eigenvalue weighted by Gasteiger charge is 2.39. The number of halogens is 1. The predicted octanol–water partition coefficient (Wildman–Crippen LogP) is 1.77. The summed E-state index contributed by atoms with van der Waals surface area (Å²) < 4.78 is 23.6. The second-order valence-electron chi connectivity index (χ2n) is 5.14. The van der Waals surface area contributed by atoms with Gasteiger partial charge in [0.15, 0.2) is 9.84 Å². The lowest BCUT2D eigenvalue weighted by Crippen LogP contribution is -2.44. The van der Waals surface area contributed by atoms with Gasteiger partial charge in [0.2, 0.25) is 0 Å². The fraction of sp³-hybridized carbons (Fsp3) is 0.538. The van der Waals surface area contributed by atoms with Crippen molar-refractivity contribution in [1.29, 1.82) is 0 Å². The number of nitrogens with zero attached hydrogens (tertiary/aromatic N) is 2. The Hall–Kier alpha value is -1.14. The van der Waals surface area contributed by atoms with Crippen LogP contribution in [-0.2, 0) is 9.84 Å². The van der Waals surface area contributed by atoms with Crippen LogP contribution in [-0.4, -0.2) is 48.8 Å². The van der Waals surface area contributed by atoms with Crippen molar-refractivity contribution in [2.24, 2.45) is 0 Å². The fourth-order valence-corrected chi connectivity index (χ4v) is 4.28. The third-order valence-electron chi connectivity index (χ3n) is 3.73. The molecule has 0 aromatic carbocycles. The minimum atomic E-state index is -3.15. The number of aromatic nitrogens is 1. The number of hydrogen-bond acceptors (Lipinski definition) is 4. The van der Waals surface area contributed by atoms with E-state index in [0.717, 1.165) is 6.42 Å². The quantitative estimate of drug-likeness (QED) is 0.852. The standard InChI is InChI=1S/C13H17ClN2O3S/c1-16(11-4-3-5-12(11)20(2,18)19)13(17)10-7-6-9(14)8-15-10/h6-8,11-12H,3-5H2,1-2H3/t11-,12+/m0/s1. The zero-order valence-corrected chi connectivity index (χ0v) is 13.0. The molecule has 0 spiro atoms. The van der Waals surface area contributed by atoms with Crippen LogP contribution >= 0.6 is 11.6 Å². The summed E-state index contributed by atoms with van der Waals surface area (Å²) in [6, 6.07) is 2.86. The molecule has 110 valence electrons. The second kappa shape index (κ2) is 5.69. The van der Waals surface area contributed by atoms with Crippen molar-refractivity contribution in [1.82, 2.24) is 9.88 Å². The minimum Gasteiger partial charge on any atom is -0.336 e. The molecule has 1 aromatic rings. The van der Waals surface area contributed by atoms with Gasteiger partial charge in [0.05, 0.1) is 10.3 Å². The van der Waals surface area contributed by atoms with Gasteiger partial charge in [-0.25, -0.2) is 13.4 Å². The Bertz CT molecular complexity index is 601. The maximum atomic E-state index is 12.3. The van der Waals surface area contributed by atoms with Crippen molar-refractivity contribution >= 4 is 27.3 Å². The molecule has 0 bridgehead atoms. The smallest absolute Gasteiger partial charge is 0.272 e. The summed E-state index contributed by atoms with van der Waals surface area (Å²) in [7, 11) is -1.52. The summed E-state index contributed by atoms with van der Waals surface area (Å²) in [6.45, 7) is 0. The summed E-state index contributed by atoms with van der Waals surface area (Å²) >= 11 is 5.74. The van der Waals surface area contributed by atoms with Gasteiger partial charge >= 0.3 is 0 Å². The topological polar surface area (TPSA) is 67.3 Å². The van der Waals surface area contributed by atoms with E-state index in [1.807, 2.05) is 0 Å². The largest absolute Gasteiger partial charge is 0.336 e. The van der Waals surface area contributed by atoms with E-state index in [9.17, 15) is 13.2 Å². The molecular weight excluding hydrogens is 300 g/mol. The van der Waals surface area contributed by atoms with E-state index in [1.54, 1.807) is 19.2 Å². The molecule has 1 amide bonds. The highest BCUT2D eigenvalue weighted by molar-refractivity contribution is 7.91. The average Bonchev–Trinajstić information content (AvgIpc) is 2.87. The number of carbonyl (C=O) groups excluding carboxylic acids is 1. The van der Waals surface area contributed by atoms with Crippen molar-refractivity contribution in [2.45, 2.75) is 30.6 Å². The number of pyridine rings is 1.